The molecule has 1 heterocycles. The predicted molar refractivity (Wildman–Crippen MR) is 90.2 cm³/mol. The molecular formula is C17H23BrN2O2. The molecule has 2 atom stereocenters. The third kappa shape index (κ3) is 4.09. The van der Waals surface area contributed by atoms with Crippen molar-refractivity contribution in [1.82, 2.24) is 10.2 Å². The van der Waals surface area contributed by atoms with Crippen molar-refractivity contribution in [3.05, 3.63) is 34.3 Å². The second-order valence-electron chi connectivity index (χ2n) is 6.35. The van der Waals surface area contributed by atoms with Crippen LogP contribution in [0, 0.1) is 11.8 Å². The van der Waals surface area contributed by atoms with Crippen molar-refractivity contribution in [3.63, 3.8) is 0 Å². The van der Waals surface area contributed by atoms with E-state index in [0.717, 1.165) is 16.6 Å². The molecule has 5 heteroatoms. The first-order chi connectivity index (χ1) is 10.4. The smallest absolute Gasteiger partial charge is 0.225 e. The molecule has 1 aliphatic rings. The largest absolute Gasteiger partial charge is 0.349 e. The van der Waals surface area contributed by atoms with Crippen LogP contribution in [0.3, 0.4) is 0 Å². The summed E-state index contributed by atoms with van der Waals surface area (Å²) in [6.07, 6.45) is 0.321. The number of nitrogens with one attached hydrogen (secondary N) is 1. The highest BCUT2D eigenvalue weighted by Crippen LogP contribution is 2.24. The lowest BCUT2D eigenvalue weighted by Gasteiger charge is -2.20. The molecule has 2 unspecified atom stereocenters. The summed E-state index contributed by atoms with van der Waals surface area (Å²) in [5, 5.41) is 3.03. The molecule has 0 aromatic heterocycles. The fourth-order valence-corrected chi connectivity index (χ4v) is 3.43. The number of carbonyl (C=O) groups is 2. The molecular weight excluding hydrogens is 344 g/mol. The molecule has 1 fully saturated rings. The zero-order valence-corrected chi connectivity index (χ0v) is 14.9. The van der Waals surface area contributed by atoms with Crippen molar-refractivity contribution < 1.29 is 9.59 Å². The van der Waals surface area contributed by atoms with Gasteiger partial charge in [-0.05, 0) is 24.5 Å². The van der Waals surface area contributed by atoms with Gasteiger partial charge in [-0.15, -0.1) is 0 Å². The second kappa shape index (κ2) is 7.27. The van der Waals surface area contributed by atoms with Crippen LogP contribution in [0.1, 0.15) is 38.8 Å². The average Bonchev–Trinajstić information content (AvgIpc) is 2.80. The van der Waals surface area contributed by atoms with Gasteiger partial charge >= 0.3 is 0 Å². The van der Waals surface area contributed by atoms with Gasteiger partial charge in [-0.25, -0.2) is 0 Å². The van der Waals surface area contributed by atoms with Crippen molar-refractivity contribution in [2.24, 2.45) is 11.8 Å². The Morgan fingerprint density at radius 3 is 2.68 bits per heavy atom. The lowest BCUT2D eigenvalue weighted by atomic mass is 10.1. The van der Waals surface area contributed by atoms with E-state index in [1.165, 1.54) is 0 Å². The number of amides is 2. The fourth-order valence-electron chi connectivity index (χ4n) is 2.80. The van der Waals surface area contributed by atoms with E-state index in [9.17, 15) is 9.59 Å². The van der Waals surface area contributed by atoms with Crippen molar-refractivity contribution in [2.75, 3.05) is 13.1 Å². The Morgan fingerprint density at radius 2 is 2.05 bits per heavy atom. The summed E-state index contributed by atoms with van der Waals surface area (Å²) in [6.45, 7) is 7.37. The van der Waals surface area contributed by atoms with Crippen LogP contribution in [0.2, 0.25) is 0 Å². The Labute approximate surface area is 140 Å². The summed E-state index contributed by atoms with van der Waals surface area (Å²) in [5.41, 5.74) is 1.04. The Hall–Kier alpha value is -1.36. The summed E-state index contributed by atoms with van der Waals surface area (Å²) in [6, 6.07) is 7.76. The van der Waals surface area contributed by atoms with Gasteiger partial charge in [0.2, 0.25) is 11.8 Å². The third-order valence-corrected chi connectivity index (χ3v) is 4.62. The minimum atomic E-state index is -0.240. The van der Waals surface area contributed by atoms with Crippen LogP contribution in [0.25, 0.3) is 0 Å². The summed E-state index contributed by atoms with van der Waals surface area (Å²) < 4.78 is 0.978. The molecule has 2 amide bonds. The van der Waals surface area contributed by atoms with Crippen molar-refractivity contribution in [2.45, 2.75) is 33.2 Å². The van der Waals surface area contributed by atoms with Crippen LogP contribution in [-0.2, 0) is 9.59 Å². The lowest BCUT2D eigenvalue weighted by Crippen LogP contribution is -2.35. The van der Waals surface area contributed by atoms with Gasteiger partial charge in [-0.1, -0.05) is 48.0 Å². The molecule has 1 aromatic carbocycles. The topological polar surface area (TPSA) is 49.4 Å². The first-order valence-corrected chi connectivity index (χ1v) is 8.50. The van der Waals surface area contributed by atoms with Crippen LogP contribution >= 0.6 is 15.9 Å². The molecule has 1 aliphatic heterocycles. The van der Waals surface area contributed by atoms with Gasteiger partial charge in [-0.3, -0.25) is 9.59 Å². The van der Waals surface area contributed by atoms with Gasteiger partial charge < -0.3 is 10.2 Å². The molecule has 120 valence electrons. The maximum absolute atomic E-state index is 12.4. The van der Waals surface area contributed by atoms with Crippen LogP contribution < -0.4 is 5.32 Å². The first-order valence-electron chi connectivity index (χ1n) is 7.71. The highest BCUT2D eigenvalue weighted by molar-refractivity contribution is 9.10. The van der Waals surface area contributed by atoms with Crippen LogP contribution in [0.5, 0.6) is 0 Å². The Bertz CT molecular complexity index is 559. The summed E-state index contributed by atoms with van der Waals surface area (Å²) in [7, 11) is 0. The van der Waals surface area contributed by atoms with Gasteiger partial charge in [0.1, 0.15) is 0 Å². The SMILES string of the molecule is CC(C)CN1CC(C(=O)NC(C)c2ccccc2Br)CC1=O. The number of rotatable bonds is 5. The normalized spacial score (nSPS) is 19.6. The van der Waals surface area contributed by atoms with Crippen LogP contribution in [0.4, 0.5) is 0 Å². The van der Waals surface area contributed by atoms with E-state index >= 15 is 0 Å². The Morgan fingerprint density at radius 1 is 1.36 bits per heavy atom. The zero-order chi connectivity index (χ0) is 16.3. The van der Waals surface area contributed by atoms with Gasteiger partial charge in [0, 0.05) is 24.0 Å². The lowest BCUT2D eigenvalue weighted by molar-refractivity contribution is -0.129. The van der Waals surface area contributed by atoms with Crippen molar-refractivity contribution >= 4 is 27.7 Å². The molecule has 0 saturated carbocycles. The molecule has 0 spiro atoms. The molecule has 1 aromatic rings. The van der Waals surface area contributed by atoms with Crippen LogP contribution in [0.15, 0.2) is 28.7 Å². The van der Waals surface area contributed by atoms with Gasteiger partial charge in [0.15, 0.2) is 0 Å². The van der Waals surface area contributed by atoms with Crippen LogP contribution in [-0.4, -0.2) is 29.8 Å². The second-order valence-corrected chi connectivity index (χ2v) is 7.20. The minimum absolute atomic E-state index is 0.0390. The predicted octanol–water partition coefficient (Wildman–Crippen LogP) is 3.13. The van der Waals surface area contributed by atoms with E-state index in [0.29, 0.717) is 18.9 Å². The summed E-state index contributed by atoms with van der Waals surface area (Å²) in [5.74, 6) is 0.228. The number of benzene rings is 1. The summed E-state index contributed by atoms with van der Waals surface area (Å²) >= 11 is 3.50. The van der Waals surface area contributed by atoms with E-state index in [1.807, 2.05) is 31.2 Å². The Kier molecular flexibility index (Phi) is 5.62. The number of carbonyl (C=O) groups excluding carboxylic acids is 2. The molecule has 2 rings (SSSR count). The van der Waals surface area contributed by atoms with E-state index in [1.54, 1.807) is 4.90 Å². The van der Waals surface area contributed by atoms with E-state index in [4.69, 9.17) is 0 Å². The number of likely N-dealkylation sites (tertiary alicyclic amines) is 1. The van der Waals surface area contributed by atoms with Crippen molar-refractivity contribution in [1.29, 1.82) is 0 Å². The fraction of sp³-hybridized carbons (Fsp3) is 0.529. The first kappa shape index (κ1) is 17.0. The van der Waals surface area contributed by atoms with E-state index in [-0.39, 0.29) is 23.8 Å². The minimum Gasteiger partial charge on any atom is -0.349 e. The number of nitrogens with zero attached hydrogens (tertiary/aromatic N) is 1. The number of halogens is 1. The molecule has 22 heavy (non-hydrogen) atoms. The Balaban J connectivity index is 1.96. The molecule has 0 bridgehead atoms. The van der Waals surface area contributed by atoms with Crippen molar-refractivity contribution in [3.8, 4) is 0 Å². The van der Waals surface area contributed by atoms with Gasteiger partial charge in [0.05, 0.1) is 12.0 Å². The zero-order valence-electron chi connectivity index (χ0n) is 13.3. The molecule has 0 radical (unpaired) electrons. The van der Waals surface area contributed by atoms with E-state index in [2.05, 4.69) is 35.1 Å². The highest BCUT2D eigenvalue weighted by atomic mass is 79.9. The van der Waals surface area contributed by atoms with Gasteiger partial charge in [0.25, 0.3) is 0 Å². The molecule has 0 aliphatic carbocycles. The highest BCUT2D eigenvalue weighted by Gasteiger charge is 2.34. The number of hydrogen-bond acceptors (Lipinski definition) is 2. The summed E-state index contributed by atoms with van der Waals surface area (Å²) in [4.78, 5) is 26.2. The molecule has 4 nitrogen and oxygen atoms in total. The standard InChI is InChI=1S/C17H23BrN2O2/c1-11(2)9-20-10-13(8-16(20)21)17(22)19-12(3)14-6-4-5-7-15(14)18/h4-7,11-13H,8-10H2,1-3H3,(H,19,22). The number of hydrogen-bond donors (Lipinski definition) is 1. The molecule has 1 saturated heterocycles. The average molecular weight is 367 g/mol. The van der Waals surface area contributed by atoms with E-state index < -0.39 is 0 Å². The maximum atomic E-state index is 12.4. The van der Waals surface area contributed by atoms with Gasteiger partial charge in [-0.2, -0.15) is 0 Å². The quantitative estimate of drug-likeness (QED) is 0.869. The molecule has 1 N–H and O–H groups in total. The maximum Gasteiger partial charge on any atom is 0.225 e. The monoisotopic (exact) mass is 366 g/mol. The third-order valence-electron chi connectivity index (χ3n) is 3.90.